The number of benzene rings is 1. The maximum absolute atomic E-state index is 11.7. The summed E-state index contributed by atoms with van der Waals surface area (Å²) in [5.74, 6) is 0.714. The van der Waals surface area contributed by atoms with Gasteiger partial charge in [0.25, 0.3) is 0 Å². The van der Waals surface area contributed by atoms with Gasteiger partial charge in [0, 0.05) is 18.3 Å². The van der Waals surface area contributed by atoms with Gasteiger partial charge in [0.05, 0.1) is 6.61 Å². The predicted octanol–water partition coefficient (Wildman–Crippen LogP) is 3.20. The molecule has 0 heterocycles. The standard InChI is InChI=1S/C17H28N2O4.ClH/c1-3-5-6-10-22-16-9-7-8-14(11-16)19-17(21)23-13-15(20)12-18-4-2;/h7-9,11,15,18,20H,3-6,10,12-13H2,1-2H3,(H,19,21);1H. The highest BCUT2D eigenvalue weighted by Crippen LogP contribution is 2.18. The molecular formula is C17H29ClN2O4. The third-order valence-electron chi connectivity index (χ3n) is 3.13. The molecule has 1 atom stereocenters. The number of aliphatic hydroxyl groups is 1. The third-order valence-corrected chi connectivity index (χ3v) is 3.13. The molecule has 1 aromatic rings. The van der Waals surface area contributed by atoms with Crippen LogP contribution in [0.1, 0.15) is 33.1 Å². The minimum Gasteiger partial charge on any atom is -0.494 e. The number of anilines is 1. The van der Waals surface area contributed by atoms with Gasteiger partial charge in [-0.1, -0.05) is 32.8 Å². The Hall–Kier alpha value is -1.50. The van der Waals surface area contributed by atoms with Gasteiger partial charge in [-0.3, -0.25) is 5.32 Å². The quantitative estimate of drug-likeness (QED) is 0.528. The SMILES string of the molecule is CCCCCOc1cccc(NC(=O)OCC(O)CNCC)c1.Cl. The zero-order valence-corrected chi connectivity index (χ0v) is 15.2. The third kappa shape index (κ3) is 10.3. The molecule has 0 bridgehead atoms. The molecule has 24 heavy (non-hydrogen) atoms. The van der Waals surface area contributed by atoms with Gasteiger partial charge < -0.3 is 19.9 Å². The number of rotatable bonds is 11. The van der Waals surface area contributed by atoms with E-state index in [2.05, 4.69) is 17.6 Å². The van der Waals surface area contributed by atoms with Crippen molar-refractivity contribution in [3.63, 3.8) is 0 Å². The van der Waals surface area contributed by atoms with Crippen LogP contribution in [0.4, 0.5) is 10.5 Å². The fourth-order valence-electron chi connectivity index (χ4n) is 1.90. The summed E-state index contributed by atoms with van der Waals surface area (Å²) in [6.07, 6.45) is 1.99. The number of aliphatic hydroxyl groups excluding tert-OH is 1. The summed E-state index contributed by atoms with van der Waals surface area (Å²) in [6, 6.07) is 7.17. The number of likely N-dealkylation sites (N-methyl/N-ethyl adjacent to an activating group) is 1. The number of unbranched alkanes of at least 4 members (excludes halogenated alkanes) is 2. The lowest BCUT2D eigenvalue weighted by molar-refractivity contribution is 0.0753. The summed E-state index contributed by atoms with van der Waals surface area (Å²) >= 11 is 0. The first-order chi connectivity index (χ1) is 11.2. The second kappa shape index (κ2) is 13.9. The average Bonchev–Trinajstić information content (AvgIpc) is 2.55. The van der Waals surface area contributed by atoms with Crippen LogP contribution < -0.4 is 15.4 Å². The fourth-order valence-corrected chi connectivity index (χ4v) is 1.90. The molecular weight excluding hydrogens is 332 g/mol. The topological polar surface area (TPSA) is 79.8 Å². The van der Waals surface area contributed by atoms with Crippen LogP contribution >= 0.6 is 12.4 Å². The van der Waals surface area contributed by atoms with Gasteiger partial charge in [-0.15, -0.1) is 12.4 Å². The lowest BCUT2D eigenvalue weighted by Gasteiger charge is -2.12. The highest BCUT2D eigenvalue weighted by Gasteiger charge is 2.09. The number of hydrogen-bond donors (Lipinski definition) is 3. The van der Waals surface area contributed by atoms with Crippen molar-refractivity contribution in [1.82, 2.24) is 5.32 Å². The minimum absolute atomic E-state index is 0. The summed E-state index contributed by atoms with van der Waals surface area (Å²) in [5, 5.41) is 15.2. The summed E-state index contributed by atoms with van der Waals surface area (Å²) in [5.41, 5.74) is 0.601. The maximum atomic E-state index is 11.7. The number of amides is 1. The van der Waals surface area contributed by atoms with Gasteiger partial charge >= 0.3 is 6.09 Å². The van der Waals surface area contributed by atoms with Crippen molar-refractivity contribution in [2.45, 2.75) is 39.2 Å². The molecule has 0 aromatic heterocycles. The van der Waals surface area contributed by atoms with Gasteiger partial charge in [0.15, 0.2) is 0 Å². The molecule has 3 N–H and O–H groups in total. The van der Waals surface area contributed by atoms with Crippen molar-refractivity contribution >= 4 is 24.2 Å². The van der Waals surface area contributed by atoms with Crippen molar-refractivity contribution in [2.24, 2.45) is 0 Å². The van der Waals surface area contributed by atoms with E-state index in [0.717, 1.165) is 25.8 Å². The largest absolute Gasteiger partial charge is 0.494 e. The highest BCUT2D eigenvalue weighted by atomic mass is 35.5. The zero-order valence-electron chi connectivity index (χ0n) is 14.4. The van der Waals surface area contributed by atoms with Crippen LogP contribution in [0.15, 0.2) is 24.3 Å². The molecule has 1 amide bonds. The molecule has 138 valence electrons. The Labute approximate surface area is 150 Å². The van der Waals surface area contributed by atoms with Crippen LogP contribution in [0, 0.1) is 0 Å². The first kappa shape index (κ1) is 22.5. The van der Waals surface area contributed by atoms with E-state index in [4.69, 9.17) is 9.47 Å². The monoisotopic (exact) mass is 360 g/mol. The molecule has 0 aliphatic rings. The highest BCUT2D eigenvalue weighted by molar-refractivity contribution is 5.85. The van der Waals surface area contributed by atoms with Crippen molar-refractivity contribution in [2.75, 3.05) is 31.6 Å². The van der Waals surface area contributed by atoms with E-state index < -0.39 is 12.2 Å². The molecule has 1 unspecified atom stereocenters. The van der Waals surface area contributed by atoms with Crippen LogP contribution in [0.3, 0.4) is 0 Å². The Balaban J connectivity index is 0.00000529. The molecule has 0 radical (unpaired) electrons. The molecule has 0 spiro atoms. The van der Waals surface area contributed by atoms with Gasteiger partial charge in [0.2, 0.25) is 0 Å². The average molecular weight is 361 g/mol. The van der Waals surface area contributed by atoms with Gasteiger partial charge in [-0.2, -0.15) is 0 Å². The second-order valence-electron chi connectivity index (χ2n) is 5.27. The molecule has 0 fully saturated rings. The number of carbonyl (C=O) groups is 1. The lowest BCUT2D eigenvalue weighted by atomic mass is 10.2. The smallest absolute Gasteiger partial charge is 0.411 e. The molecule has 0 saturated heterocycles. The summed E-state index contributed by atoms with van der Waals surface area (Å²) < 4.78 is 10.6. The van der Waals surface area contributed by atoms with Gasteiger partial charge in [-0.05, 0) is 25.1 Å². The van der Waals surface area contributed by atoms with Crippen LogP contribution in [0.2, 0.25) is 0 Å². The normalized spacial score (nSPS) is 11.3. The number of nitrogens with one attached hydrogen (secondary N) is 2. The molecule has 0 aliphatic carbocycles. The van der Waals surface area contributed by atoms with E-state index >= 15 is 0 Å². The number of carbonyl (C=O) groups excluding carboxylic acids is 1. The summed E-state index contributed by atoms with van der Waals surface area (Å²) in [6.45, 7) is 5.85. The van der Waals surface area contributed by atoms with Crippen molar-refractivity contribution < 1.29 is 19.4 Å². The van der Waals surface area contributed by atoms with E-state index in [1.165, 1.54) is 0 Å². The predicted molar refractivity (Wildman–Crippen MR) is 98.2 cm³/mol. The Morgan fingerprint density at radius 1 is 1.29 bits per heavy atom. The van der Waals surface area contributed by atoms with Gasteiger partial charge in [-0.25, -0.2) is 4.79 Å². The number of ether oxygens (including phenoxy) is 2. The molecule has 0 saturated carbocycles. The Kier molecular flexibility index (Phi) is 13.0. The van der Waals surface area contributed by atoms with E-state index in [1.807, 2.05) is 19.1 Å². The Morgan fingerprint density at radius 2 is 2.08 bits per heavy atom. The molecule has 1 aromatic carbocycles. The number of halogens is 1. The van der Waals surface area contributed by atoms with Gasteiger partial charge in [0.1, 0.15) is 18.5 Å². The van der Waals surface area contributed by atoms with E-state index in [9.17, 15) is 9.90 Å². The lowest BCUT2D eigenvalue weighted by Crippen LogP contribution is -2.31. The molecule has 1 rings (SSSR count). The maximum Gasteiger partial charge on any atom is 0.411 e. The summed E-state index contributed by atoms with van der Waals surface area (Å²) in [4.78, 5) is 11.7. The first-order valence-electron chi connectivity index (χ1n) is 8.21. The Bertz CT molecular complexity index is 460. The fraction of sp³-hybridized carbons (Fsp3) is 0.588. The summed E-state index contributed by atoms with van der Waals surface area (Å²) in [7, 11) is 0. The molecule has 0 aliphatic heterocycles. The van der Waals surface area contributed by atoms with Crippen LogP contribution in [-0.2, 0) is 4.74 Å². The minimum atomic E-state index is -0.714. The van der Waals surface area contributed by atoms with Crippen LogP contribution in [-0.4, -0.2) is 43.6 Å². The van der Waals surface area contributed by atoms with E-state index in [-0.39, 0.29) is 19.0 Å². The van der Waals surface area contributed by atoms with Crippen molar-refractivity contribution in [3.8, 4) is 5.75 Å². The molecule has 7 heteroatoms. The van der Waals surface area contributed by atoms with Crippen LogP contribution in [0.25, 0.3) is 0 Å². The zero-order chi connectivity index (χ0) is 16.9. The van der Waals surface area contributed by atoms with Crippen molar-refractivity contribution in [3.05, 3.63) is 24.3 Å². The second-order valence-corrected chi connectivity index (χ2v) is 5.27. The first-order valence-corrected chi connectivity index (χ1v) is 8.21. The van der Waals surface area contributed by atoms with E-state index in [1.54, 1.807) is 12.1 Å². The molecule has 6 nitrogen and oxygen atoms in total. The van der Waals surface area contributed by atoms with E-state index in [0.29, 0.717) is 24.6 Å². The van der Waals surface area contributed by atoms with Crippen LogP contribution in [0.5, 0.6) is 5.75 Å². The Morgan fingerprint density at radius 3 is 2.79 bits per heavy atom. The van der Waals surface area contributed by atoms with Crippen molar-refractivity contribution in [1.29, 1.82) is 0 Å². The number of hydrogen-bond acceptors (Lipinski definition) is 5.